The Labute approximate surface area is 207 Å². The first-order valence-corrected chi connectivity index (χ1v) is 11.8. The van der Waals surface area contributed by atoms with Gasteiger partial charge in [-0.05, 0) is 55.0 Å². The van der Waals surface area contributed by atoms with Gasteiger partial charge in [-0.1, -0.05) is 12.1 Å². The molecule has 1 saturated heterocycles. The number of hydrogen-bond acceptors (Lipinski definition) is 8. The number of aryl methyl sites for hydroxylation is 1. The van der Waals surface area contributed by atoms with Crippen LogP contribution in [-0.2, 0) is 0 Å². The molecule has 3 N–H and O–H groups in total. The summed E-state index contributed by atoms with van der Waals surface area (Å²) in [7, 11) is 0. The summed E-state index contributed by atoms with van der Waals surface area (Å²) in [5, 5.41) is 2.98. The van der Waals surface area contributed by atoms with Gasteiger partial charge in [0.15, 0.2) is 17.3 Å². The molecule has 182 valence electrons. The highest BCUT2D eigenvalue weighted by atomic mass is 16.7. The number of piperazine rings is 1. The lowest BCUT2D eigenvalue weighted by molar-refractivity contribution is 0.174. The largest absolute Gasteiger partial charge is 0.454 e. The Morgan fingerprint density at radius 2 is 1.78 bits per heavy atom. The summed E-state index contributed by atoms with van der Waals surface area (Å²) in [5.74, 6) is 2.28. The molecule has 2 aliphatic rings. The first kappa shape index (κ1) is 21.9. The maximum atomic E-state index is 12.8. The lowest BCUT2D eigenvalue weighted by atomic mass is 10.1. The van der Waals surface area contributed by atoms with E-state index in [0.29, 0.717) is 48.8 Å². The number of fused-ring (bicyclic) bond motifs is 2. The normalized spacial score (nSPS) is 14.8. The van der Waals surface area contributed by atoms with Crippen LogP contribution >= 0.6 is 0 Å². The summed E-state index contributed by atoms with van der Waals surface area (Å²) in [4.78, 5) is 30.5. The van der Waals surface area contributed by atoms with Crippen molar-refractivity contribution >= 4 is 34.5 Å². The summed E-state index contributed by atoms with van der Waals surface area (Å²) < 4.78 is 10.9. The molecule has 0 atom stereocenters. The van der Waals surface area contributed by atoms with Gasteiger partial charge in [0.25, 0.3) is 0 Å². The molecule has 4 heterocycles. The van der Waals surface area contributed by atoms with Crippen LogP contribution in [-0.4, -0.2) is 58.9 Å². The van der Waals surface area contributed by atoms with Crippen molar-refractivity contribution in [2.45, 2.75) is 6.92 Å². The predicted octanol–water partition coefficient (Wildman–Crippen LogP) is 3.67. The van der Waals surface area contributed by atoms with E-state index in [1.54, 1.807) is 4.90 Å². The SMILES string of the molecule is Cc1cccc(NC(=O)N2CCN(c3nc(N)nc4ccc(-c5ccc6c(c5)OCO6)nc34)CC2)c1. The van der Waals surface area contributed by atoms with Crippen LogP contribution in [0.25, 0.3) is 22.3 Å². The number of ether oxygens (including phenoxy) is 2. The molecule has 1 fully saturated rings. The number of hydrogen-bond donors (Lipinski definition) is 2. The number of benzene rings is 2. The average Bonchev–Trinajstić information content (AvgIpc) is 3.36. The zero-order valence-electron chi connectivity index (χ0n) is 19.8. The number of aromatic nitrogens is 3. The Morgan fingerprint density at radius 3 is 2.61 bits per heavy atom. The number of nitrogens with two attached hydrogens (primary N) is 1. The number of carbonyl (C=O) groups is 1. The van der Waals surface area contributed by atoms with Gasteiger partial charge in [0.2, 0.25) is 12.7 Å². The minimum absolute atomic E-state index is 0.115. The van der Waals surface area contributed by atoms with Crippen molar-refractivity contribution in [3.05, 3.63) is 60.2 Å². The summed E-state index contributed by atoms with van der Waals surface area (Å²) in [5.41, 5.74) is 10.9. The van der Waals surface area contributed by atoms with Gasteiger partial charge < -0.3 is 30.3 Å². The van der Waals surface area contributed by atoms with E-state index >= 15 is 0 Å². The minimum atomic E-state index is -0.115. The lowest BCUT2D eigenvalue weighted by Gasteiger charge is -2.35. The van der Waals surface area contributed by atoms with E-state index in [4.69, 9.17) is 20.2 Å². The second kappa shape index (κ2) is 8.88. The van der Waals surface area contributed by atoms with Gasteiger partial charge in [-0.15, -0.1) is 0 Å². The van der Waals surface area contributed by atoms with E-state index in [2.05, 4.69) is 20.2 Å². The Balaban J connectivity index is 1.23. The smallest absolute Gasteiger partial charge is 0.321 e. The Hall–Kier alpha value is -4.60. The standard InChI is InChI=1S/C26H25N7O3/c1-16-3-2-4-18(13-16)28-26(34)33-11-9-32(10-12-33)24-23-20(30-25(27)31-24)7-6-19(29-23)17-5-8-21-22(14-17)36-15-35-21/h2-8,13-14H,9-12,15H2,1H3,(H,28,34)(H2,27,30,31). The number of anilines is 3. The van der Waals surface area contributed by atoms with Crippen molar-refractivity contribution < 1.29 is 14.3 Å². The second-order valence-electron chi connectivity index (χ2n) is 8.81. The van der Waals surface area contributed by atoms with Gasteiger partial charge in [0.1, 0.15) is 5.52 Å². The Morgan fingerprint density at radius 1 is 0.944 bits per heavy atom. The Kier molecular flexibility index (Phi) is 5.40. The van der Waals surface area contributed by atoms with E-state index in [-0.39, 0.29) is 18.8 Å². The lowest BCUT2D eigenvalue weighted by Crippen LogP contribution is -2.50. The number of pyridine rings is 1. The van der Waals surface area contributed by atoms with E-state index in [0.717, 1.165) is 28.3 Å². The molecule has 0 saturated carbocycles. The van der Waals surface area contributed by atoms with Crippen LogP contribution in [0, 0.1) is 6.92 Å². The van der Waals surface area contributed by atoms with Crippen LogP contribution in [0.4, 0.5) is 22.2 Å². The molecule has 0 spiro atoms. The topological polar surface area (TPSA) is 119 Å². The van der Waals surface area contributed by atoms with Crippen molar-refractivity contribution in [1.29, 1.82) is 0 Å². The van der Waals surface area contributed by atoms with E-state index in [1.807, 2.05) is 61.5 Å². The molecule has 4 aromatic rings. The quantitative estimate of drug-likeness (QED) is 0.453. The molecule has 0 radical (unpaired) electrons. The fourth-order valence-electron chi connectivity index (χ4n) is 4.50. The van der Waals surface area contributed by atoms with Crippen LogP contribution < -0.4 is 25.4 Å². The number of carbonyl (C=O) groups excluding carboxylic acids is 1. The van der Waals surface area contributed by atoms with Crippen LogP contribution in [0.15, 0.2) is 54.6 Å². The molecule has 2 aliphatic heterocycles. The molecular formula is C26H25N7O3. The van der Waals surface area contributed by atoms with Gasteiger partial charge in [-0.3, -0.25) is 0 Å². The average molecular weight is 484 g/mol. The molecule has 10 heteroatoms. The highest BCUT2D eigenvalue weighted by Gasteiger charge is 2.25. The molecule has 36 heavy (non-hydrogen) atoms. The molecule has 2 aromatic heterocycles. The number of rotatable bonds is 3. The van der Waals surface area contributed by atoms with Crippen LogP contribution in [0.1, 0.15) is 5.56 Å². The van der Waals surface area contributed by atoms with Crippen molar-refractivity contribution in [2.24, 2.45) is 0 Å². The van der Waals surface area contributed by atoms with Crippen molar-refractivity contribution in [3.63, 3.8) is 0 Å². The maximum Gasteiger partial charge on any atom is 0.321 e. The van der Waals surface area contributed by atoms with Gasteiger partial charge in [-0.2, -0.15) is 4.98 Å². The number of amides is 2. The van der Waals surface area contributed by atoms with Crippen molar-refractivity contribution in [1.82, 2.24) is 19.9 Å². The van der Waals surface area contributed by atoms with E-state index < -0.39 is 0 Å². The molecule has 0 aliphatic carbocycles. The summed E-state index contributed by atoms with van der Waals surface area (Å²) >= 11 is 0. The molecule has 0 bridgehead atoms. The number of urea groups is 1. The predicted molar refractivity (Wildman–Crippen MR) is 137 cm³/mol. The van der Waals surface area contributed by atoms with Gasteiger partial charge in [0, 0.05) is 37.4 Å². The third-order valence-electron chi connectivity index (χ3n) is 6.35. The van der Waals surface area contributed by atoms with Crippen LogP contribution in [0.3, 0.4) is 0 Å². The Bertz CT molecular complexity index is 1470. The molecule has 2 aromatic carbocycles. The molecule has 0 unspecified atom stereocenters. The van der Waals surface area contributed by atoms with E-state index in [1.165, 1.54) is 0 Å². The van der Waals surface area contributed by atoms with Crippen LogP contribution in [0.5, 0.6) is 11.5 Å². The second-order valence-corrected chi connectivity index (χ2v) is 8.81. The maximum absolute atomic E-state index is 12.8. The minimum Gasteiger partial charge on any atom is -0.454 e. The zero-order chi connectivity index (χ0) is 24.6. The van der Waals surface area contributed by atoms with Crippen molar-refractivity contribution in [3.8, 4) is 22.8 Å². The molecule has 10 nitrogen and oxygen atoms in total. The molecular weight excluding hydrogens is 458 g/mol. The molecule has 6 rings (SSSR count). The third-order valence-corrected chi connectivity index (χ3v) is 6.35. The van der Waals surface area contributed by atoms with E-state index in [9.17, 15) is 4.79 Å². The number of nitrogens with zero attached hydrogens (tertiary/aromatic N) is 5. The van der Waals surface area contributed by atoms with Gasteiger partial charge in [-0.25, -0.2) is 14.8 Å². The third kappa shape index (κ3) is 4.17. The first-order chi connectivity index (χ1) is 17.5. The number of nitrogens with one attached hydrogen (secondary N) is 1. The first-order valence-electron chi connectivity index (χ1n) is 11.8. The zero-order valence-corrected chi connectivity index (χ0v) is 19.8. The number of nitrogen functional groups attached to an aromatic ring is 1. The van der Waals surface area contributed by atoms with Crippen molar-refractivity contribution in [2.75, 3.05) is 48.9 Å². The van der Waals surface area contributed by atoms with Gasteiger partial charge in [0.05, 0.1) is 11.2 Å². The highest BCUT2D eigenvalue weighted by Crippen LogP contribution is 2.36. The van der Waals surface area contributed by atoms with Crippen LogP contribution in [0.2, 0.25) is 0 Å². The molecule has 2 amide bonds. The fourth-order valence-corrected chi connectivity index (χ4v) is 4.50. The monoisotopic (exact) mass is 483 g/mol. The summed E-state index contributed by atoms with van der Waals surface area (Å²) in [6.07, 6.45) is 0. The van der Waals surface area contributed by atoms with Gasteiger partial charge >= 0.3 is 6.03 Å². The summed E-state index contributed by atoms with van der Waals surface area (Å²) in [6.45, 7) is 4.51. The highest BCUT2D eigenvalue weighted by molar-refractivity contribution is 5.91. The fraction of sp³-hybridized carbons (Fsp3) is 0.231. The summed E-state index contributed by atoms with van der Waals surface area (Å²) in [6, 6.07) is 17.2.